The van der Waals surface area contributed by atoms with Gasteiger partial charge in [0.2, 0.25) is 0 Å². The van der Waals surface area contributed by atoms with Crippen molar-refractivity contribution in [2.45, 2.75) is 19.9 Å². The molecule has 4 aromatic rings. The maximum Gasteiger partial charge on any atom is 0.255 e. The molecule has 1 aliphatic rings. The fraction of sp³-hybridized carbons (Fsp3) is 0.182. The van der Waals surface area contributed by atoms with E-state index in [1.54, 1.807) is 16.8 Å². The summed E-state index contributed by atoms with van der Waals surface area (Å²) >= 11 is 0. The highest BCUT2D eigenvalue weighted by Gasteiger charge is 2.17. The lowest BCUT2D eigenvalue weighted by molar-refractivity contribution is 0.500. The lowest BCUT2D eigenvalue weighted by Crippen LogP contribution is -2.22. The first kappa shape index (κ1) is 16.0. The first-order chi connectivity index (χ1) is 13.2. The fourth-order valence-electron chi connectivity index (χ4n) is 3.66. The lowest BCUT2D eigenvalue weighted by atomic mass is 10.1. The third-order valence-corrected chi connectivity index (χ3v) is 5.13. The summed E-state index contributed by atoms with van der Waals surface area (Å²) in [7, 11) is 0. The number of aromatic nitrogens is 2. The van der Waals surface area contributed by atoms with E-state index in [0.717, 1.165) is 58.7 Å². The molecule has 1 N–H and O–H groups in total. The number of aryl methyl sites for hydroxylation is 1. The second-order valence-corrected chi connectivity index (χ2v) is 6.92. The number of fused-ring (bicyclic) bond motifs is 3. The molecule has 0 atom stereocenters. The Kier molecular flexibility index (Phi) is 3.69. The number of benzene rings is 1. The molecule has 5 nitrogen and oxygen atoms in total. The molecule has 0 radical (unpaired) electrons. The summed E-state index contributed by atoms with van der Waals surface area (Å²) in [5.41, 5.74) is 5.55. The molecule has 1 aromatic carbocycles. The number of hydrogen-bond donors (Lipinski definition) is 1. The molecule has 0 saturated heterocycles. The van der Waals surface area contributed by atoms with Gasteiger partial charge in [0.1, 0.15) is 11.3 Å². The average molecular weight is 357 g/mol. The summed E-state index contributed by atoms with van der Waals surface area (Å²) in [6.45, 7) is 3.72. The summed E-state index contributed by atoms with van der Waals surface area (Å²) < 4.78 is 7.68. The van der Waals surface area contributed by atoms with E-state index in [2.05, 4.69) is 10.3 Å². The van der Waals surface area contributed by atoms with Gasteiger partial charge < -0.3 is 9.73 Å². The van der Waals surface area contributed by atoms with Crippen LogP contribution in [0.3, 0.4) is 0 Å². The Labute approximate surface area is 156 Å². The van der Waals surface area contributed by atoms with Crippen LogP contribution in [0.2, 0.25) is 0 Å². The van der Waals surface area contributed by atoms with Gasteiger partial charge in [-0.3, -0.25) is 14.3 Å². The van der Waals surface area contributed by atoms with E-state index in [1.807, 2.05) is 49.5 Å². The molecule has 0 bridgehead atoms. The number of nitrogens with one attached hydrogen (secondary N) is 1. The van der Waals surface area contributed by atoms with Gasteiger partial charge in [-0.15, -0.1) is 0 Å². The Morgan fingerprint density at radius 2 is 2.04 bits per heavy atom. The van der Waals surface area contributed by atoms with E-state index < -0.39 is 0 Å². The third kappa shape index (κ3) is 2.76. The van der Waals surface area contributed by atoms with Crippen molar-refractivity contribution in [1.29, 1.82) is 0 Å². The van der Waals surface area contributed by atoms with Crippen molar-refractivity contribution in [2.75, 3.05) is 6.54 Å². The lowest BCUT2D eigenvalue weighted by Gasteiger charge is -2.10. The van der Waals surface area contributed by atoms with Crippen LogP contribution in [0.15, 0.2) is 64.1 Å². The van der Waals surface area contributed by atoms with Crippen molar-refractivity contribution in [3.8, 4) is 16.8 Å². The minimum absolute atomic E-state index is 0.0783. The zero-order valence-corrected chi connectivity index (χ0v) is 15.0. The van der Waals surface area contributed by atoms with Crippen LogP contribution in [0.1, 0.15) is 17.0 Å². The maximum absolute atomic E-state index is 12.7. The van der Waals surface area contributed by atoms with E-state index in [-0.39, 0.29) is 5.56 Å². The standard InChI is InChI=1S/C22H19N3O2/c1-14-2-3-16(12-24-14)15-7-9-25(22(26)10-15)17-4-5-18-19-13-23-8-6-20(19)27-21(18)11-17/h2-5,7,9-12,23H,6,8,13H2,1H3. The Morgan fingerprint density at radius 1 is 1.11 bits per heavy atom. The number of nitrogens with zero attached hydrogens (tertiary/aromatic N) is 2. The molecule has 4 heterocycles. The normalized spacial score (nSPS) is 13.7. The van der Waals surface area contributed by atoms with Gasteiger partial charge in [0.05, 0.1) is 5.69 Å². The maximum atomic E-state index is 12.7. The summed E-state index contributed by atoms with van der Waals surface area (Å²) in [5.74, 6) is 1.05. The largest absolute Gasteiger partial charge is 0.461 e. The van der Waals surface area contributed by atoms with Gasteiger partial charge in [0, 0.05) is 66.2 Å². The van der Waals surface area contributed by atoms with Crippen LogP contribution in [-0.2, 0) is 13.0 Å². The molecular weight excluding hydrogens is 338 g/mol. The molecule has 0 spiro atoms. The summed E-state index contributed by atoms with van der Waals surface area (Å²) in [6.07, 6.45) is 4.50. The minimum atomic E-state index is -0.0783. The molecule has 27 heavy (non-hydrogen) atoms. The SMILES string of the molecule is Cc1ccc(-c2ccn(-c3ccc4c5c(oc4c3)CCNC5)c(=O)c2)cn1. The zero-order chi connectivity index (χ0) is 18.4. The molecule has 0 fully saturated rings. The first-order valence-corrected chi connectivity index (χ1v) is 9.10. The van der Waals surface area contributed by atoms with Crippen LogP contribution in [0.25, 0.3) is 27.8 Å². The van der Waals surface area contributed by atoms with Gasteiger partial charge >= 0.3 is 0 Å². The van der Waals surface area contributed by atoms with E-state index in [9.17, 15) is 4.79 Å². The smallest absolute Gasteiger partial charge is 0.255 e. The Morgan fingerprint density at radius 3 is 2.85 bits per heavy atom. The predicted octanol–water partition coefficient (Wildman–Crippen LogP) is 3.60. The second kappa shape index (κ2) is 6.21. The van der Waals surface area contributed by atoms with Crippen LogP contribution >= 0.6 is 0 Å². The average Bonchev–Trinajstić information content (AvgIpc) is 3.06. The number of furan rings is 1. The van der Waals surface area contributed by atoms with Crippen LogP contribution < -0.4 is 10.9 Å². The van der Waals surface area contributed by atoms with Gasteiger partial charge in [-0.2, -0.15) is 0 Å². The molecule has 5 heteroatoms. The molecule has 0 amide bonds. The quantitative estimate of drug-likeness (QED) is 0.595. The van der Waals surface area contributed by atoms with E-state index >= 15 is 0 Å². The van der Waals surface area contributed by atoms with Crippen molar-refractivity contribution in [1.82, 2.24) is 14.9 Å². The van der Waals surface area contributed by atoms with Crippen molar-refractivity contribution in [3.63, 3.8) is 0 Å². The Balaban J connectivity index is 1.56. The van der Waals surface area contributed by atoms with Crippen molar-refractivity contribution >= 4 is 11.0 Å². The van der Waals surface area contributed by atoms with Crippen LogP contribution in [0, 0.1) is 6.92 Å². The molecule has 134 valence electrons. The summed E-state index contributed by atoms with van der Waals surface area (Å²) in [6, 6.07) is 13.5. The molecule has 0 unspecified atom stereocenters. The van der Waals surface area contributed by atoms with Gasteiger partial charge in [-0.25, -0.2) is 0 Å². The van der Waals surface area contributed by atoms with E-state index in [0.29, 0.717) is 0 Å². The van der Waals surface area contributed by atoms with Gasteiger partial charge in [0.25, 0.3) is 5.56 Å². The van der Waals surface area contributed by atoms with Gasteiger partial charge in [-0.1, -0.05) is 6.07 Å². The van der Waals surface area contributed by atoms with Crippen LogP contribution in [0.5, 0.6) is 0 Å². The summed E-state index contributed by atoms with van der Waals surface area (Å²) in [4.78, 5) is 17.0. The fourth-order valence-corrected chi connectivity index (χ4v) is 3.66. The highest BCUT2D eigenvalue weighted by Crippen LogP contribution is 2.29. The molecule has 1 aliphatic heterocycles. The van der Waals surface area contributed by atoms with Crippen LogP contribution in [-0.4, -0.2) is 16.1 Å². The van der Waals surface area contributed by atoms with Crippen molar-refractivity contribution in [3.05, 3.63) is 82.2 Å². The first-order valence-electron chi connectivity index (χ1n) is 9.10. The Bertz CT molecular complexity index is 1200. The minimum Gasteiger partial charge on any atom is -0.461 e. The molecular formula is C22H19N3O2. The predicted molar refractivity (Wildman–Crippen MR) is 105 cm³/mol. The third-order valence-electron chi connectivity index (χ3n) is 5.13. The Hall–Kier alpha value is -3.18. The molecule has 0 aliphatic carbocycles. The molecule has 0 saturated carbocycles. The topological polar surface area (TPSA) is 60.1 Å². The van der Waals surface area contributed by atoms with Crippen molar-refractivity contribution < 1.29 is 4.42 Å². The monoisotopic (exact) mass is 357 g/mol. The molecule has 3 aromatic heterocycles. The van der Waals surface area contributed by atoms with Crippen molar-refractivity contribution in [2.24, 2.45) is 0 Å². The van der Waals surface area contributed by atoms with Gasteiger partial charge in [-0.05, 0) is 36.8 Å². The summed E-state index contributed by atoms with van der Waals surface area (Å²) in [5, 5.41) is 4.50. The van der Waals surface area contributed by atoms with Crippen LogP contribution in [0.4, 0.5) is 0 Å². The second-order valence-electron chi connectivity index (χ2n) is 6.92. The van der Waals surface area contributed by atoms with E-state index in [4.69, 9.17) is 4.42 Å². The number of pyridine rings is 2. The number of hydrogen-bond acceptors (Lipinski definition) is 4. The highest BCUT2D eigenvalue weighted by molar-refractivity contribution is 5.84. The number of rotatable bonds is 2. The van der Waals surface area contributed by atoms with E-state index in [1.165, 1.54) is 5.56 Å². The van der Waals surface area contributed by atoms with Gasteiger partial charge in [0.15, 0.2) is 0 Å². The molecule has 5 rings (SSSR count). The highest BCUT2D eigenvalue weighted by atomic mass is 16.3. The zero-order valence-electron chi connectivity index (χ0n) is 15.0.